The number of benzene rings is 2. The molecule has 2 aromatic carbocycles. The van der Waals surface area contributed by atoms with Crippen LogP contribution in [0.3, 0.4) is 0 Å². The lowest BCUT2D eigenvalue weighted by Gasteiger charge is -2.27. The first-order chi connectivity index (χ1) is 17.3. The number of carbonyl (C=O) groups is 1. The molecule has 3 atom stereocenters. The number of carbonyl (C=O) groups excluding carboxylic acids is 1. The lowest BCUT2D eigenvalue weighted by molar-refractivity contribution is 0.0708. The number of nitrogens with zero attached hydrogens (tertiary/aromatic N) is 2. The number of hydrogen-bond donors (Lipinski definition) is 4. The molecular weight excluding hydrogens is 444 g/mol. The van der Waals surface area contributed by atoms with Crippen LogP contribution >= 0.6 is 0 Å². The molecule has 35 heavy (non-hydrogen) atoms. The lowest BCUT2D eigenvalue weighted by Crippen LogP contribution is -2.43. The Kier molecular flexibility index (Phi) is 6.05. The maximum atomic E-state index is 13.0. The topological polar surface area (TPSA) is 99.8 Å². The van der Waals surface area contributed by atoms with Gasteiger partial charge >= 0.3 is 0 Å². The number of ether oxygens (including phenoxy) is 2. The summed E-state index contributed by atoms with van der Waals surface area (Å²) in [4.78, 5) is 19.5. The first-order valence-electron chi connectivity index (χ1n) is 11.9. The summed E-state index contributed by atoms with van der Waals surface area (Å²) in [5.74, 6) is 0.696. The molecule has 0 spiro atoms. The summed E-state index contributed by atoms with van der Waals surface area (Å²) in [5, 5.41) is 6.60. The average molecular weight is 473 g/mol. The lowest BCUT2D eigenvalue weighted by atomic mass is 9.99. The van der Waals surface area contributed by atoms with E-state index < -0.39 is 0 Å². The van der Waals surface area contributed by atoms with Crippen LogP contribution in [0, 0.1) is 0 Å². The number of amides is 1. The SMILES string of the molecule is O=C(N[C@@H]1COCc2ccccc21)c1cccc(NCC2NNC3c4ccncc4OCCN23)c1. The van der Waals surface area contributed by atoms with Gasteiger partial charge in [0.05, 0.1) is 31.6 Å². The van der Waals surface area contributed by atoms with E-state index in [4.69, 9.17) is 9.47 Å². The fraction of sp³-hybridized carbons (Fsp3) is 0.308. The Morgan fingerprint density at radius 2 is 2.06 bits per heavy atom. The molecule has 1 amide bonds. The highest BCUT2D eigenvalue weighted by Gasteiger charge is 2.36. The van der Waals surface area contributed by atoms with Crippen molar-refractivity contribution >= 4 is 11.6 Å². The minimum atomic E-state index is -0.155. The summed E-state index contributed by atoms with van der Waals surface area (Å²) in [6.45, 7) is 3.08. The molecule has 0 aliphatic carbocycles. The van der Waals surface area contributed by atoms with Crippen molar-refractivity contribution in [3.05, 3.63) is 89.2 Å². The highest BCUT2D eigenvalue weighted by molar-refractivity contribution is 5.95. The Hall–Kier alpha value is -3.50. The zero-order valence-electron chi connectivity index (χ0n) is 19.2. The summed E-state index contributed by atoms with van der Waals surface area (Å²) >= 11 is 0. The van der Waals surface area contributed by atoms with Crippen LogP contribution < -0.4 is 26.2 Å². The Labute approximate surface area is 203 Å². The molecule has 9 nitrogen and oxygen atoms in total. The van der Waals surface area contributed by atoms with Crippen molar-refractivity contribution in [3.63, 3.8) is 0 Å². The Balaban J connectivity index is 1.10. The van der Waals surface area contributed by atoms with E-state index in [1.807, 2.05) is 48.5 Å². The Morgan fingerprint density at radius 3 is 3.03 bits per heavy atom. The van der Waals surface area contributed by atoms with E-state index in [1.54, 1.807) is 12.4 Å². The third-order valence-corrected chi connectivity index (χ3v) is 6.74. The van der Waals surface area contributed by atoms with Gasteiger partial charge in [-0.1, -0.05) is 30.3 Å². The molecule has 4 N–H and O–H groups in total. The van der Waals surface area contributed by atoms with Gasteiger partial charge in [0.15, 0.2) is 0 Å². The van der Waals surface area contributed by atoms with Crippen LogP contribution in [0.15, 0.2) is 67.0 Å². The number of fused-ring (bicyclic) bond motifs is 4. The molecule has 3 aliphatic heterocycles. The third kappa shape index (κ3) is 4.46. The average Bonchev–Trinajstić information content (AvgIpc) is 3.21. The molecule has 6 rings (SSSR count). The van der Waals surface area contributed by atoms with E-state index in [-0.39, 0.29) is 24.3 Å². The minimum Gasteiger partial charge on any atom is -0.490 e. The third-order valence-electron chi connectivity index (χ3n) is 6.74. The quantitative estimate of drug-likeness (QED) is 0.449. The number of aromatic nitrogens is 1. The molecule has 0 radical (unpaired) electrons. The smallest absolute Gasteiger partial charge is 0.251 e. The van der Waals surface area contributed by atoms with Crippen molar-refractivity contribution in [2.45, 2.75) is 25.0 Å². The fourth-order valence-electron chi connectivity index (χ4n) is 4.96. The van der Waals surface area contributed by atoms with E-state index >= 15 is 0 Å². The van der Waals surface area contributed by atoms with Gasteiger partial charge in [-0.15, -0.1) is 0 Å². The van der Waals surface area contributed by atoms with Crippen molar-refractivity contribution in [2.75, 3.05) is 31.6 Å². The molecule has 4 heterocycles. The second-order valence-electron chi connectivity index (χ2n) is 8.91. The second-order valence-corrected chi connectivity index (χ2v) is 8.91. The maximum absolute atomic E-state index is 13.0. The van der Waals surface area contributed by atoms with Crippen molar-refractivity contribution in [1.29, 1.82) is 0 Å². The van der Waals surface area contributed by atoms with Gasteiger partial charge in [0, 0.05) is 36.1 Å². The minimum absolute atomic E-state index is 0.0139. The molecule has 9 heteroatoms. The van der Waals surface area contributed by atoms with Gasteiger partial charge in [-0.3, -0.25) is 14.7 Å². The van der Waals surface area contributed by atoms with E-state index in [1.165, 1.54) is 0 Å². The van der Waals surface area contributed by atoms with E-state index in [2.05, 4.69) is 37.4 Å². The van der Waals surface area contributed by atoms with Crippen molar-refractivity contribution in [3.8, 4) is 5.75 Å². The highest BCUT2D eigenvalue weighted by atomic mass is 16.5. The predicted octanol–water partition coefficient (Wildman–Crippen LogP) is 2.32. The van der Waals surface area contributed by atoms with Crippen molar-refractivity contribution < 1.29 is 14.3 Å². The van der Waals surface area contributed by atoms with Crippen LogP contribution in [0.4, 0.5) is 5.69 Å². The van der Waals surface area contributed by atoms with Gasteiger partial charge in [0.1, 0.15) is 18.5 Å². The number of rotatable bonds is 5. The molecule has 180 valence electrons. The summed E-state index contributed by atoms with van der Waals surface area (Å²) in [6, 6.07) is 17.5. The number of anilines is 1. The molecule has 2 unspecified atom stereocenters. The molecule has 1 saturated heterocycles. The monoisotopic (exact) mass is 472 g/mol. The van der Waals surface area contributed by atoms with E-state index in [0.717, 1.165) is 34.7 Å². The number of pyridine rings is 1. The molecule has 1 aromatic heterocycles. The van der Waals surface area contributed by atoms with Crippen LogP contribution in [0.2, 0.25) is 0 Å². The van der Waals surface area contributed by atoms with Crippen LogP contribution in [-0.4, -0.2) is 48.3 Å². The normalized spacial score (nSPS) is 23.3. The standard InChI is InChI=1S/C26H28N6O3/c33-26(29-22-16-34-15-18-4-1-2-7-20(18)22)17-5-3-6-19(12-17)28-14-24-30-31-25-21-8-9-27-13-23(21)35-11-10-32(24)25/h1-9,12-13,22,24-25,28,30-31H,10-11,14-16H2,(H,29,33)/t22-,24?,25?/m1/s1. The molecule has 3 aromatic rings. The molecular formula is C26H28N6O3. The summed E-state index contributed by atoms with van der Waals surface area (Å²) in [6.07, 6.45) is 3.62. The summed E-state index contributed by atoms with van der Waals surface area (Å²) in [5.41, 5.74) is 11.6. The molecule has 0 saturated carbocycles. The fourth-order valence-corrected chi connectivity index (χ4v) is 4.96. The summed E-state index contributed by atoms with van der Waals surface area (Å²) < 4.78 is 11.6. The number of hydrogen-bond acceptors (Lipinski definition) is 8. The second kappa shape index (κ2) is 9.63. The number of hydrazine groups is 1. The van der Waals surface area contributed by atoms with Crippen LogP contribution in [-0.2, 0) is 11.3 Å². The molecule has 0 bridgehead atoms. The van der Waals surface area contributed by atoms with Crippen LogP contribution in [0.1, 0.15) is 39.3 Å². The van der Waals surface area contributed by atoms with Crippen LogP contribution in [0.5, 0.6) is 5.75 Å². The van der Waals surface area contributed by atoms with Crippen molar-refractivity contribution in [1.82, 2.24) is 26.1 Å². The van der Waals surface area contributed by atoms with Gasteiger partial charge in [-0.05, 0) is 35.4 Å². The van der Waals surface area contributed by atoms with Gasteiger partial charge < -0.3 is 20.1 Å². The van der Waals surface area contributed by atoms with E-state index in [9.17, 15) is 4.79 Å². The largest absolute Gasteiger partial charge is 0.490 e. The zero-order chi connectivity index (χ0) is 23.6. The summed E-state index contributed by atoms with van der Waals surface area (Å²) in [7, 11) is 0. The van der Waals surface area contributed by atoms with Gasteiger partial charge in [0.2, 0.25) is 0 Å². The van der Waals surface area contributed by atoms with Gasteiger partial charge in [0.25, 0.3) is 5.91 Å². The number of nitrogens with one attached hydrogen (secondary N) is 4. The Morgan fingerprint density at radius 1 is 1.11 bits per heavy atom. The molecule has 1 fully saturated rings. The first kappa shape index (κ1) is 22.0. The van der Waals surface area contributed by atoms with Crippen LogP contribution in [0.25, 0.3) is 0 Å². The maximum Gasteiger partial charge on any atom is 0.251 e. The first-order valence-corrected chi connectivity index (χ1v) is 11.9. The van der Waals surface area contributed by atoms with Gasteiger partial charge in [-0.2, -0.15) is 0 Å². The van der Waals surface area contributed by atoms with Crippen molar-refractivity contribution in [2.24, 2.45) is 0 Å². The molecule has 3 aliphatic rings. The Bertz CT molecular complexity index is 1220. The van der Waals surface area contributed by atoms with Gasteiger partial charge in [-0.25, -0.2) is 10.9 Å². The predicted molar refractivity (Wildman–Crippen MR) is 130 cm³/mol. The highest BCUT2D eigenvalue weighted by Crippen LogP contribution is 2.32. The zero-order valence-corrected chi connectivity index (χ0v) is 19.2. The van der Waals surface area contributed by atoms with E-state index in [0.29, 0.717) is 31.9 Å².